The first kappa shape index (κ1) is 13.7. The minimum atomic E-state index is -1.02. The summed E-state index contributed by atoms with van der Waals surface area (Å²) in [5, 5.41) is 4.30. The minimum absolute atomic E-state index is 0.484. The molecule has 0 aliphatic carbocycles. The summed E-state index contributed by atoms with van der Waals surface area (Å²) in [6.45, 7) is 8.33. The Morgan fingerprint density at radius 3 is 2.89 bits per heavy atom. The van der Waals surface area contributed by atoms with Crippen LogP contribution in [0.4, 0.5) is 0 Å². The Morgan fingerprint density at radius 2 is 2.17 bits per heavy atom. The van der Waals surface area contributed by atoms with Gasteiger partial charge in [-0.15, -0.1) is 0 Å². The molecule has 98 valence electrons. The van der Waals surface area contributed by atoms with E-state index >= 15 is 0 Å². The molecule has 0 atom stereocenters. The maximum Gasteiger partial charge on any atom is 0.140 e. The number of aromatic nitrogens is 3. The number of hydrogen-bond acceptors (Lipinski definition) is 3. The molecule has 0 aliphatic rings. The van der Waals surface area contributed by atoms with E-state index in [4.69, 9.17) is 4.74 Å². The Labute approximate surface area is 116 Å². The van der Waals surface area contributed by atoms with Crippen molar-refractivity contribution in [1.82, 2.24) is 14.8 Å². The van der Waals surface area contributed by atoms with Crippen molar-refractivity contribution in [2.45, 2.75) is 32.4 Å². The minimum Gasteiger partial charge on any atom is -0.360 e. The zero-order chi connectivity index (χ0) is 13.2. The van der Waals surface area contributed by atoms with Crippen molar-refractivity contribution in [3.63, 3.8) is 0 Å². The van der Waals surface area contributed by atoms with E-state index in [9.17, 15) is 0 Å². The molecule has 2 rings (SSSR count). The summed E-state index contributed by atoms with van der Waals surface area (Å²) in [6.07, 6.45) is 3.53. The molecule has 0 fully saturated rings. The Balaban J connectivity index is 2.00. The molecule has 0 bridgehead atoms. The summed E-state index contributed by atoms with van der Waals surface area (Å²) >= 11 is 3.52. The van der Waals surface area contributed by atoms with Gasteiger partial charge >= 0.3 is 0 Å². The smallest absolute Gasteiger partial charge is 0.140 e. The fourth-order valence-electron chi connectivity index (χ4n) is 1.60. The molecule has 0 saturated heterocycles. The molecular formula is C12H18BrN3OSi. The summed E-state index contributed by atoms with van der Waals surface area (Å²) < 4.78 is 8.55. The maximum atomic E-state index is 5.70. The molecule has 18 heavy (non-hydrogen) atoms. The van der Waals surface area contributed by atoms with Crippen molar-refractivity contribution in [3.05, 3.63) is 22.9 Å². The third-order valence-electron chi connectivity index (χ3n) is 2.69. The van der Waals surface area contributed by atoms with Gasteiger partial charge in [0.05, 0.1) is 6.20 Å². The molecule has 0 amide bonds. The van der Waals surface area contributed by atoms with E-state index < -0.39 is 8.07 Å². The highest BCUT2D eigenvalue weighted by Gasteiger charge is 2.12. The fourth-order valence-corrected chi connectivity index (χ4v) is 2.89. The maximum absolute atomic E-state index is 5.70. The van der Waals surface area contributed by atoms with Gasteiger partial charge in [0.2, 0.25) is 0 Å². The second kappa shape index (κ2) is 5.50. The van der Waals surface area contributed by atoms with Crippen molar-refractivity contribution in [2.75, 3.05) is 6.61 Å². The van der Waals surface area contributed by atoms with Crippen LogP contribution in [-0.4, -0.2) is 29.4 Å². The molecule has 2 aromatic heterocycles. The van der Waals surface area contributed by atoms with Gasteiger partial charge in [0.25, 0.3) is 0 Å². The fraction of sp³-hybridized carbons (Fsp3) is 0.500. The average molecular weight is 328 g/mol. The Bertz CT molecular complexity index is 536. The predicted molar refractivity (Wildman–Crippen MR) is 79.3 cm³/mol. The Kier molecular flexibility index (Phi) is 4.19. The van der Waals surface area contributed by atoms with Crippen LogP contribution in [-0.2, 0) is 11.5 Å². The normalized spacial score (nSPS) is 12.2. The number of halogens is 1. The van der Waals surface area contributed by atoms with Crippen molar-refractivity contribution in [3.8, 4) is 0 Å². The zero-order valence-corrected chi connectivity index (χ0v) is 13.6. The summed E-state index contributed by atoms with van der Waals surface area (Å²) in [4.78, 5) is 4.27. The largest absolute Gasteiger partial charge is 0.360 e. The standard InChI is InChI=1S/C12H18BrN3OSi/c1-18(2,3)7-6-17-9-16-12-10(13)4-5-14-11(12)8-15-16/h4-5,8H,6-7,9H2,1-3H3. The van der Waals surface area contributed by atoms with Gasteiger partial charge < -0.3 is 4.74 Å². The molecule has 0 aromatic carbocycles. The van der Waals surface area contributed by atoms with Crippen molar-refractivity contribution >= 4 is 35.0 Å². The predicted octanol–water partition coefficient (Wildman–Crippen LogP) is 3.51. The summed E-state index contributed by atoms with van der Waals surface area (Å²) in [6, 6.07) is 3.09. The highest BCUT2D eigenvalue weighted by molar-refractivity contribution is 9.10. The van der Waals surface area contributed by atoms with E-state index in [2.05, 4.69) is 45.7 Å². The van der Waals surface area contributed by atoms with Gasteiger partial charge in [-0.2, -0.15) is 5.10 Å². The van der Waals surface area contributed by atoms with Gasteiger partial charge in [0, 0.05) is 25.4 Å². The first-order valence-corrected chi connectivity index (χ1v) is 10.5. The van der Waals surface area contributed by atoms with E-state index in [-0.39, 0.29) is 0 Å². The molecule has 0 spiro atoms. The number of nitrogens with zero attached hydrogens (tertiary/aromatic N) is 3. The van der Waals surface area contributed by atoms with E-state index in [1.807, 2.05) is 10.7 Å². The lowest BCUT2D eigenvalue weighted by molar-refractivity contribution is 0.0816. The molecule has 0 N–H and O–H groups in total. The highest BCUT2D eigenvalue weighted by Crippen LogP contribution is 2.21. The van der Waals surface area contributed by atoms with Crippen LogP contribution < -0.4 is 0 Å². The number of ether oxygens (including phenoxy) is 1. The zero-order valence-electron chi connectivity index (χ0n) is 11.0. The third kappa shape index (κ3) is 3.40. The first-order valence-electron chi connectivity index (χ1n) is 6.01. The second-order valence-corrected chi connectivity index (χ2v) is 12.0. The van der Waals surface area contributed by atoms with Crippen LogP contribution in [0.2, 0.25) is 25.7 Å². The van der Waals surface area contributed by atoms with E-state index in [0.717, 1.165) is 22.1 Å². The van der Waals surface area contributed by atoms with E-state index in [1.54, 1.807) is 12.4 Å². The lowest BCUT2D eigenvalue weighted by atomic mass is 10.4. The van der Waals surface area contributed by atoms with Gasteiger partial charge in [-0.3, -0.25) is 4.98 Å². The molecule has 0 aliphatic heterocycles. The van der Waals surface area contributed by atoms with Crippen LogP contribution in [0, 0.1) is 0 Å². The third-order valence-corrected chi connectivity index (χ3v) is 5.03. The van der Waals surface area contributed by atoms with E-state index in [1.165, 1.54) is 6.04 Å². The average Bonchev–Trinajstić information content (AvgIpc) is 2.68. The second-order valence-electron chi connectivity index (χ2n) is 5.52. The van der Waals surface area contributed by atoms with Crippen LogP contribution in [0.3, 0.4) is 0 Å². The van der Waals surface area contributed by atoms with Crippen molar-refractivity contribution in [2.24, 2.45) is 0 Å². The van der Waals surface area contributed by atoms with Gasteiger partial charge in [0.1, 0.15) is 17.8 Å². The molecule has 0 unspecified atom stereocenters. The molecule has 2 aromatic rings. The van der Waals surface area contributed by atoms with Gasteiger partial charge in [-0.1, -0.05) is 19.6 Å². The Morgan fingerprint density at radius 1 is 1.39 bits per heavy atom. The summed E-state index contributed by atoms with van der Waals surface area (Å²) in [5.41, 5.74) is 1.88. The van der Waals surface area contributed by atoms with Crippen LogP contribution in [0.15, 0.2) is 22.9 Å². The molecular weight excluding hydrogens is 310 g/mol. The van der Waals surface area contributed by atoms with Crippen molar-refractivity contribution in [1.29, 1.82) is 0 Å². The van der Waals surface area contributed by atoms with Crippen LogP contribution in [0.1, 0.15) is 0 Å². The number of pyridine rings is 1. The monoisotopic (exact) mass is 327 g/mol. The summed E-state index contributed by atoms with van der Waals surface area (Å²) in [7, 11) is -1.02. The number of hydrogen-bond donors (Lipinski definition) is 0. The quantitative estimate of drug-likeness (QED) is 0.623. The Hall–Kier alpha value is -0.723. The summed E-state index contributed by atoms with van der Waals surface area (Å²) in [5.74, 6) is 0. The lowest BCUT2D eigenvalue weighted by Crippen LogP contribution is -2.22. The first-order chi connectivity index (χ1) is 8.47. The highest BCUT2D eigenvalue weighted by atomic mass is 79.9. The van der Waals surface area contributed by atoms with Gasteiger partial charge in [-0.05, 0) is 28.0 Å². The molecule has 2 heterocycles. The topological polar surface area (TPSA) is 39.9 Å². The van der Waals surface area contributed by atoms with Gasteiger partial charge in [0.15, 0.2) is 0 Å². The van der Waals surface area contributed by atoms with Crippen LogP contribution in [0.5, 0.6) is 0 Å². The van der Waals surface area contributed by atoms with Crippen LogP contribution in [0.25, 0.3) is 11.0 Å². The lowest BCUT2D eigenvalue weighted by Gasteiger charge is -2.15. The molecule has 6 heteroatoms. The molecule has 0 radical (unpaired) electrons. The molecule has 0 saturated carbocycles. The van der Waals surface area contributed by atoms with Gasteiger partial charge in [-0.25, -0.2) is 4.68 Å². The SMILES string of the molecule is C[Si](C)(C)CCOCn1ncc2nccc(Br)c21. The number of rotatable bonds is 5. The van der Waals surface area contributed by atoms with Crippen LogP contribution >= 0.6 is 15.9 Å². The van der Waals surface area contributed by atoms with E-state index in [0.29, 0.717) is 6.73 Å². The molecule has 4 nitrogen and oxygen atoms in total. The number of fused-ring (bicyclic) bond motifs is 1. The van der Waals surface area contributed by atoms with Crippen molar-refractivity contribution < 1.29 is 4.74 Å².